The van der Waals surface area contributed by atoms with Crippen LogP contribution in [0.2, 0.25) is 0 Å². The van der Waals surface area contributed by atoms with Crippen molar-refractivity contribution in [1.29, 1.82) is 0 Å². The predicted octanol–water partition coefficient (Wildman–Crippen LogP) is 2.35. The van der Waals surface area contributed by atoms with E-state index in [2.05, 4.69) is 11.8 Å². The van der Waals surface area contributed by atoms with Crippen LogP contribution in [0.25, 0.3) is 0 Å². The van der Waals surface area contributed by atoms with E-state index in [0.717, 1.165) is 24.5 Å². The number of nitro groups is 1. The molecule has 1 aromatic carbocycles. The molecular formula is C12H14N2O3S. The van der Waals surface area contributed by atoms with Crippen LogP contribution in [0.5, 0.6) is 0 Å². The van der Waals surface area contributed by atoms with Gasteiger partial charge >= 0.3 is 0 Å². The van der Waals surface area contributed by atoms with Gasteiger partial charge in [-0.2, -0.15) is 11.8 Å². The van der Waals surface area contributed by atoms with Gasteiger partial charge in [0.2, 0.25) is 0 Å². The molecule has 1 saturated heterocycles. The fourth-order valence-electron chi connectivity index (χ4n) is 2.08. The number of hydrogen-bond acceptors (Lipinski definition) is 5. The molecular weight excluding hydrogens is 252 g/mol. The van der Waals surface area contributed by atoms with Crippen molar-refractivity contribution in [3.63, 3.8) is 0 Å². The molecule has 0 saturated carbocycles. The first-order chi connectivity index (χ1) is 8.61. The van der Waals surface area contributed by atoms with E-state index in [-0.39, 0.29) is 5.69 Å². The molecule has 0 amide bonds. The van der Waals surface area contributed by atoms with Gasteiger partial charge in [-0.25, -0.2) is 0 Å². The van der Waals surface area contributed by atoms with Gasteiger partial charge < -0.3 is 4.90 Å². The number of non-ortho nitro benzene ring substituents is 1. The average Bonchev–Trinajstić information content (AvgIpc) is 2.37. The van der Waals surface area contributed by atoms with Gasteiger partial charge in [-0.15, -0.1) is 0 Å². The van der Waals surface area contributed by atoms with Crippen molar-refractivity contribution in [3.05, 3.63) is 33.9 Å². The third-order valence-corrected chi connectivity index (χ3v) is 4.07. The minimum absolute atomic E-state index is 0.0414. The van der Waals surface area contributed by atoms with E-state index in [9.17, 15) is 14.9 Å². The molecule has 1 atom stereocenters. The Kier molecular flexibility index (Phi) is 3.86. The largest absolute Gasteiger partial charge is 0.369 e. The zero-order chi connectivity index (χ0) is 13.1. The molecule has 6 heteroatoms. The second-order valence-corrected chi connectivity index (χ2v) is 5.79. The van der Waals surface area contributed by atoms with Crippen LogP contribution in [0.3, 0.4) is 0 Å². The molecule has 0 radical (unpaired) electrons. The van der Waals surface area contributed by atoms with Crippen LogP contribution in [0.15, 0.2) is 18.2 Å². The number of nitro benzene ring substituents is 1. The van der Waals surface area contributed by atoms with Crippen LogP contribution >= 0.6 is 11.8 Å². The first kappa shape index (κ1) is 12.9. The lowest BCUT2D eigenvalue weighted by atomic mass is 10.1. The zero-order valence-corrected chi connectivity index (χ0v) is 10.9. The second kappa shape index (κ2) is 5.39. The summed E-state index contributed by atoms with van der Waals surface area (Å²) in [5, 5.41) is 11.2. The Morgan fingerprint density at radius 3 is 2.94 bits per heavy atom. The van der Waals surface area contributed by atoms with Gasteiger partial charge in [0.15, 0.2) is 6.29 Å². The highest BCUT2D eigenvalue weighted by molar-refractivity contribution is 8.00. The summed E-state index contributed by atoms with van der Waals surface area (Å²) in [6.07, 6.45) is 0.689. The molecule has 0 aliphatic carbocycles. The summed E-state index contributed by atoms with van der Waals surface area (Å²) in [5.41, 5.74) is 1.14. The Morgan fingerprint density at radius 2 is 2.33 bits per heavy atom. The van der Waals surface area contributed by atoms with E-state index in [1.807, 2.05) is 11.8 Å². The Hall–Kier alpha value is -1.56. The zero-order valence-electron chi connectivity index (χ0n) is 10.0. The number of benzene rings is 1. The maximum absolute atomic E-state index is 11.1. The van der Waals surface area contributed by atoms with Gasteiger partial charge in [0.1, 0.15) is 0 Å². The highest BCUT2D eigenvalue weighted by atomic mass is 32.2. The van der Waals surface area contributed by atoms with Gasteiger partial charge in [-0.05, 0) is 6.07 Å². The molecule has 0 N–H and O–H groups in total. The first-order valence-corrected chi connectivity index (χ1v) is 6.77. The lowest BCUT2D eigenvalue weighted by Gasteiger charge is -2.33. The molecule has 18 heavy (non-hydrogen) atoms. The topological polar surface area (TPSA) is 63.4 Å². The van der Waals surface area contributed by atoms with E-state index >= 15 is 0 Å². The summed E-state index contributed by atoms with van der Waals surface area (Å²) >= 11 is 1.90. The maximum atomic E-state index is 11.1. The molecule has 1 heterocycles. The maximum Gasteiger partial charge on any atom is 0.270 e. The number of hydrogen-bond donors (Lipinski definition) is 0. The van der Waals surface area contributed by atoms with Crippen molar-refractivity contribution in [3.8, 4) is 0 Å². The Morgan fingerprint density at radius 1 is 1.56 bits per heavy atom. The predicted molar refractivity (Wildman–Crippen MR) is 72.6 cm³/mol. The summed E-state index contributed by atoms with van der Waals surface area (Å²) < 4.78 is 0. The number of carbonyl (C=O) groups is 1. The van der Waals surface area contributed by atoms with Crippen LogP contribution < -0.4 is 4.90 Å². The number of carbonyl (C=O) groups excluding carboxylic acids is 1. The second-order valence-electron chi connectivity index (χ2n) is 4.25. The fraction of sp³-hybridized carbons (Fsp3) is 0.417. The van der Waals surface area contributed by atoms with Crippen LogP contribution in [-0.4, -0.2) is 35.3 Å². The highest BCUT2D eigenvalue weighted by Gasteiger charge is 2.20. The van der Waals surface area contributed by atoms with Crippen molar-refractivity contribution in [2.45, 2.75) is 12.2 Å². The van der Waals surface area contributed by atoms with Crippen LogP contribution in [0.1, 0.15) is 17.3 Å². The molecule has 5 nitrogen and oxygen atoms in total. The smallest absolute Gasteiger partial charge is 0.270 e. The van der Waals surface area contributed by atoms with E-state index in [0.29, 0.717) is 17.1 Å². The molecule has 0 spiro atoms. The van der Waals surface area contributed by atoms with Crippen molar-refractivity contribution in [1.82, 2.24) is 0 Å². The SMILES string of the molecule is CC1CN(c2ccc([N+](=O)[O-])cc2C=O)CCS1. The van der Waals surface area contributed by atoms with E-state index in [1.165, 1.54) is 12.1 Å². The third kappa shape index (κ3) is 2.64. The highest BCUT2D eigenvalue weighted by Crippen LogP contribution is 2.28. The molecule has 96 valence electrons. The van der Waals surface area contributed by atoms with Gasteiger partial charge in [-0.3, -0.25) is 14.9 Å². The number of nitrogens with zero attached hydrogens (tertiary/aromatic N) is 2. The molecule has 1 fully saturated rings. The first-order valence-electron chi connectivity index (χ1n) is 5.72. The van der Waals surface area contributed by atoms with Gasteiger partial charge in [-0.1, -0.05) is 6.92 Å². The summed E-state index contributed by atoms with van der Waals surface area (Å²) in [5.74, 6) is 1.01. The number of thioether (sulfide) groups is 1. The minimum Gasteiger partial charge on any atom is -0.369 e. The molecule has 1 aromatic rings. The molecule has 1 aliphatic rings. The summed E-state index contributed by atoms with van der Waals surface area (Å²) in [6, 6.07) is 4.47. The van der Waals surface area contributed by atoms with Gasteiger partial charge in [0.05, 0.1) is 4.92 Å². The minimum atomic E-state index is -0.481. The van der Waals surface area contributed by atoms with Crippen molar-refractivity contribution in [2.24, 2.45) is 0 Å². The Balaban J connectivity index is 2.32. The number of rotatable bonds is 3. The van der Waals surface area contributed by atoms with E-state index < -0.39 is 4.92 Å². The molecule has 0 aromatic heterocycles. The average molecular weight is 266 g/mol. The van der Waals surface area contributed by atoms with Crippen LogP contribution in [0, 0.1) is 10.1 Å². The van der Waals surface area contributed by atoms with Crippen molar-refractivity contribution >= 4 is 29.4 Å². The molecule has 0 bridgehead atoms. The standard InChI is InChI=1S/C12H14N2O3S/c1-9-7-13(4-5-18-9)12-3-2-11(14(16)17)6-10(12)8-15/h2-3,6,8-9H,4-5,7H2,1H3. The lowest BCUT2D eigenvalue weighted by molar-refractivity contribution is -0.384. The van der Waals surface area contributed by atoms with Crippen molar-refractivity contribution in [2.75, 3.05) is 23.7 Å². The Bertz CT molecular complexity index is 478. The third-order valence-electron chi connectivity index (χ3n) is 2.93. The molecule has 1 aliphatic heterocycles. The van der Waals surface area contributed by atoms with Crippen LogP contribution in [-0.2, 0) is 0 Å². The van der Waals surface area contributed by atoms with Crippen molar-refractivity contribution < 1.29 is 9.72 Å². The van der Waals surface area contributed by atoms with E-state index in [1.54, 1.807) is 6.07 Å². The van der Waals surface area contributed by atoms with Crippen LogP contribution in [0.4, 0.5) is 11.4 Å². The lowest BCUT2D eigenvalue weighted by Crippen LogP contribution is -2.37. The number of anilines is 1. The fourth-order valence-corrected chi connectivity index (χ4v) is 3.09. The summed E-state index contributed by atoms with van der Waals surface area (Å²) in [6.45, 7) is 3.87. The molecule has 1 unspecified atom stereocenters. The van der Waals surface area contributed by atoms with E-state index in [4.69, 9.17) is 0 Å². The normalized spacial score (nSPS) is 19.6. The molecule has 2 rings (SSSR count). The van der Waals surface area contributed by atoms with Gasteiger partial charge in [0, 0.05) is 47.5 Å². The summed E-state index contributed by atoms with van der Waals surface area (Å²) in [4.78, 5) is 23.4. The monoisotopic (exact) mass is 266 g/mol. The number of aldehydes is 1. The van der Waals surface area contributed by atoms with Gasteiger partial charge in [0.25, 0.3) is 5.69 Å². The summed E-state index contributed by atoms with van der Waals surface area (Å²) in [7, 11) is 0. The quantitative estimate of drug-likeness (QED) is 0.477. The Labute approximate surface area is 109 Å².